The molecule has 4 nitrogen and oxygen atoms in total. The van der Waals surface area contributed by atoms with E-state index in [0.717, 1.165) is 0 Å². The van der Waals surface area contributed by atoms with Crippen molar-refractivity contribution in [2.24, 2.45) is 0 Å². The van der Waals surface area contributed by atoms with Gasteiger partial charge in [0.2, 0.25) is 0 Å². The van der Waals surface area contributed by atoms with E-state index in [-0.39, 0.29) is 222 Å². The minimum Gasteiger partial charge on any atom is -3.00 e. The van der Waals surface area contributed by atoms with Crippen molar-refractivity contribution in [2.45, 2.75) is 0 Å². The summed E-state index contributed by atoms with van der Waals surface area (Å²) < 4.78 is 0. The summed E-state index contributed by atoms with van der Waals surface area (Å²) in [5, 5.41) is 0. The Balaban J connectivity index is 0. The fourth-order valence-corrected chi connectivity index (χ4v) is 0. The predicted octanol–water partition coefficient (Wildman–Crippen LogP) is 1.13. The van der Waals surface area contributed by atoms with Gasteiger partial charge in [-0.05, 0) is 0 Å². The Labute approximate surface area is 217 Å². The van der Waals surface area contributed by atoms with Crippen LogP contribution in [0.5, 0.6) is 0 Å². The molecular formula is N4Ta3Ti6. The van der Waals surface area contributed by atoms with E-state index in [0.29, 0.717) is 0 Å². The van der Waals surface area contributed by atoms with Crippen LogP contribution in [0.4, 0.5) is 0 Å². The molecule has 0 rings (SSSR count). The Morgan fingerprint density at radius 3 is 0.308 bits per heavy atom. The van der Waals surface area contributed by atoms with Crippen LogP contribution in [0.3, 0.4) is 0 Å². The molecule has 0 unspecified atom stereocenters. The molecule has 3 radical (unpaired) electrons. The first kappa shape index (κ1) is 162. The molecule has 0 aliphatic heterocycles. The Kier molecular flexibility index (Phi) is 1700. The van der Waals surface area contributed by atoms with Crippen LogP contribution in [-0.2, 0) is 197 Å². The smallest absolute Gasteiger partial charge is 3.00 e. The fourth-order valence-electron chi connectivity index (χ4n) is 0. The fraction of sp³-hybridized carbons (Fsp3) is 0. The SMILES string of the molecule is [N-3].[N-3].[N-3].[N-3].[Ta].[Ta].[Ta].[Ti+4].[Ti+4].[Ti+4].[Ti].[Ti].[Ti]. The van der Waals surface area contributed by atoms with Gasteiger partial charge in [-0.25, -0.2) is 0 Å². The van der Waals surface area contributed by atoms with Crippen molar-refractivity contribution in [3.63, 3.8) is 0 Å². The number of hydrogen-bond donors (Lipinski definition) is 0. The first-order chi connectivity index (χ1) is 0. The average molecular weight is 886 g/mol. The van der Waals surface area contributed by atoms with E-state index in [1.807, 2.05) is 0 Å². The van der Waals surface area contributed by atoms with Crippen molar-refractivity contribution in [2.75, 3.05) is 0 Å². The predicted molar refractivity (Wildman–Crippen MR) is 13.4 cm³/mol. The molecule has 0 aliphatic rings. The van der Waals surface area contributed by atoms with E-state index in [9.17, 15) is 0 Å². The van der Waals surface area contributed by atoms with E-state index in [1.54, 1.807) is 0 Å². The van der Waals surface area contributed by atoms with E-state index < -0.39 is 0 Å². The molecule has 0 N–H and O–H groups in total. The third kappa shape index (κ3) is 122. The maximum Gasteiger partial charge on any atom is 4.00 e. The summed E-state index contributed by atoms with van der Waals surface area (Å²) in [4.78, 5) is 0. The molecule has 0 amide bonds. The first-order valence-electron chi connectivity index (χ1n) is 0. The largest absolute Gasteiger partial charge is 4.00 e. The molecule has 59 valence electrons. The van der Waals surface area contributed by atoms with Crippen molar-refractivity contribution in [1.29, 1.82) is 0 Å². The average Bonchev–Trinajstić information content (AvgIpc) is 0. The van der Waals surface area contributed by atoms with Gasteiger partial charge in [0.25, 0.3) is 0 Å². The second kappa shape index (κ2) is 137. The molecule has 0 saturated carbocycles. The second-order valence-electron chi connectivity index (χ2n) is 0. The maximum atomic E-state index is 0. The van der Waals surface area contributed by atoms with Crippen molar-refractivity contribution in [3.05, 3.63) is 24.6 Å². The molecular weight excluding hydrogens is 886 g/mol. The zero-order chi connectivity index (χ0) is 0. The molecule has 0 fully saturated rings. The minimum absolute atomic E-state index is 0. The van der Waals surface area contributed by atoms with Crippen LogP contribution in [0.25, 0.3) is 24.6 Å². The van der Waals surface area contributed by atoms with Crippen molar-refractivity contribution in [1.82, 2.24) is 0 Å². The molecule has 13 heavy (non-hydrogen) atoms. The van der Waals surface area contributed by atoms with Crippen LogP contribution in [0.15, 0.2) is 0 Å². The molecule has 0 aromatic heterocycles. The van der Waals surface area contributed by atoms with Crippen LogP contribution in [0, 0.1) is 0 Å². The third-order valence-electron chi connectivity index (χ3n) is 0. The van der Waals surface area contributed by atoms with Gasteiger partial charge in [0.05, 0.1) is 0 Å². The molecule has 0 atom stereocenters. The monoisotopic (exact) mass is 887 g/mol. The van der Waals surface area contributed by atoms with Crippen molar-refractivity contribution >= 4 is 0 Å². The minimum atomic E-state index is 0. The Bertz CT molecular complexity index is 19.8. The van der Waals surface area contributed by atoms with E-state index in [1.165, 1.54) is 0 Å². The van der Waals surface area contributed by atoms with Crippen LogP contribution < -0.4 is 0 Å². The van der Waals surface area contributed by atoms with Crippen molar-refractivity contribution < 1.29 is 197 Å². The van der Waals surface area contributed by atoms with Gasteiger partial charge in [0.15, 0.2) is 0 Å². The summed E-state index contributed by atoms with van der Waals surface area (Å²) in [5.74, 6) is 0. The quantitative estimate of drug-likeness (QED) is 0.325. The molecule has 0 saturated heterocycles. The van der Waals surface area contributed by atoms with Crippen LogP contribution >= 0.6 is 0 Å². The summed E-state index contributed by atoms with van der Waals surface area (Å²) >= 11 is 0. The van der Waals surface area contributed by atoms with Gasteiger partial charge in [-0.1, -0.05) is 0 Å². The Morgan fingerprint density at radius 2 is 0.308 bits per heavy atom. The Morgan fingerprint density at radius 1 is 0.308 bits per heavy atom. The molecule has 0 aromatic carbocycles. The van der Waals surface area contributed by atoms with Gasteiger partial charge >= 0.3 is 65.2 Å². The van der Waals surface area contributed by atoms with E-state index >= 15 is 0 Å². The molecule has 0 bridgehead atoms. The van der Waals surface area contributed by atoms with E-state index in [2.05, 4.69) is 0 Å². The molecule has 0 spiro atoms. The van der Waals surface area contributed by atoms with Gasteiger partial charge in [0, 0.05) is 132 Å². The zero-order valence-electron chi connectivity index (χ0n) is 6.13. The van der Waals surface area contributed by atoms with Crippen LogP contribution in [0.1, 0.15) is 0 Å². The summed E-state index contributed by atoms with van der Waals surface area (Å²) in [6.45, 7) is 0. The number of nitrogens with zero attached hydrogens (tertiary/aromatic N) is 4. The molecule has 0 heterocycles. The maximum absolute atomic E-state index is 0. The van der Waals surface area contributed by atoms with Gasteiger partial charge in [0.1, 0.15) is 0 Å². The standard InChI is InChI=1S/4N.3Ta.6Ti/q4*-3;;;;;;;3*+4. The molecule has 13 heteroatoms. The molecule has 0 aromatic rings. The summed E-state index contributed by atoms with van der Waals surface area (Å²) in [7, 11) is 0. The van der Waals surface area contributed by atoms with E-state index in [4.69, 9.17) is 0 Å². The van der Waals surface area contributed by atoms with Crippen LogP contribution in [-0.4, -0.2) is 0 Å². The third-order valence-corrected chi connectivity index (χ3v) is 0. The van der Waals surface area contributed by atoms with Gasteiger partial charge < -0.3 is 24.6 Å². The number of rotatable bonds is 0. The molecule has 0 aliphatic carbocycles. The first-order valence-corrected chi connectivity index (χ1v) is 0. The summed E-state index contributed by atoms with van der Waals surface area (Å²) in [6, 6.07) is 0. The van der Waals surface area contributed by atoms with Gasteiger partial charge in [-0.3, -0.25) is 0 Å². The van der Waals surface area contributed by atoms with Crippen LogP contribution in [0.2, 0.25) is 0 Å². The summed E-state index contributed by atoms with van der Waals surface area (Å²) in [5.41, 5.74) is 0. The topological polar surface area (TPSA) is 122 Å². The Hall–Kier alpha value is 6.35. The normalized spacial score (nSPS) is 0. The zero-order valence-corrected chi connectivity index (χ0v) is 25.1. The number of hydrogen-bond acceptors (Lipinski definition) is 0. The summed E-state index contributed by atoms with van der Waals surface area (Å²) in [6.07, 6.45) is 0. The van der Waals surface area contributed by atoms with Gasteiger partial charge in [-0.2, -0.15) is 0 Å². The van der Waals surface area contributed by atoms with Crippen molar-refractivity contribution in [3.8, 4) is 0 Å². The second-order valence-corrected chi connectivity index (χ2v) is 0. The van der Waals surface area contributed by atoms with Gasteiger partial charge in [-0.15, -0.1) is 0 Å².